The predicted octanol–water partition coefficient (Wildman–Crippen LogP) is 0.611. The third-order valence-corrected chi connectivity index (χ3v) is 4.89. The van der Waals surface area contributed by atoms with Crippen LogP contribution in [0.2, 0.25) is 0 Å². The Labute approximate surface area is 138 Å². The molecule has 6 heteroatoms. The number of hydrogen-bond acceptors (Lipinski definition) is 5. The van der Waals surface area contributed by atoms with Gasteiger partial charge in [-0.2, -0.15) is 0 Å². The number of likely N-dealkylation sites (N-methyl/N-ethyl adjacent to an activating group) is 2. The van der Waals surface area contributed by atoms with Crippen LogP contribution in [0.25, 0.3) is 0 Å². The van der Waals surface area contributed by atoms with Gasteiger partial charge < -0.3 is 19.6 Å². The maximum atomic E-state index is 12.7. The van der Waals surface area contributed by atoms with Crippen LogP contribution in [0.4, 0.5) is 5.82 Å². The van der Waals surface area contributed by atoms with Crippen LogP contribution in [-0.2, 0) is 0 Å². The summed E-state index contributed by atoms with van der Waals surface area (Å²) in [4.78, 5) is 26.2. The number of rotatable bonds is 3. The van der Waals surface area contributed by atoms with Crippen molar-refractivity contribution in [2.45, 2.75) is 6.92 Å². The first-order chi connectivity index (χ1) is 11.2. The largest absolute Gasteiger partial charge is 0.354 e. The third kappa shape index (κ3) is 3.82. The van der Waals surface area contributed by atoms with Gasteiger partial charge in [-0.05, 0) is 25.7 Å². The summed E-state index contributed by atoms with van der Waals surface area (Å²) in [5.41, 5.74) is 0.575. The van der Waals surface area contributed by atoms with E-state index >= 15 is 0 Å². The second-order valence-electron chi connectivity index (χ2n) is 6.40. The molecule has 2 saturated heterocycles. The molecule has 2 aliphatic rings. The molecule has 0 saturated carbocycles. The molecular formula is C17H27N5O. The zero-order valence-corrected chi connectivity index (χ0v) is 14.2. The minimum atomic E-state index is 0.0664. The molecule has 0 spiro atoms. The number of carbonyl (C=O) groups is 1. The summed E-state index contributed by atoms with van der Waals surface area (Å²) < 4.78 is 0. The highest BCUT2D eigenvalue weighted by Gasteiger charge is 2.23. The first-order valence-electron chi connectivity index (χ1n) is 8.59. The fourth-order valence-corrected chi connectivity index (χ4v) is 3.18. The molecule has 3 heterocycles. The van der Waals surface area contributed by atoms with Crippen molar-refractivity contribution in [3.05, 3.63) is 23.9 Å². The van der Waals surface area contributed by atoms with E-state index in [1.807, 2.05) is 23.1 Å². The van der Waals surface area contributed by atoms with Crippen LogP contribution in [0.5, 0.6) is 0 Å². The number of carbonyl (C=O) groups excluding carboxylic acids is 1. The Kier molecular flexibility index (Phi) is 5.13. The Hall–Kier alpha value is -1.66. The molecule has 2 fully saturated rings. The molecule has 0 atom stereocenters. The van der Waals surface area contributed by atoms with Gasteiger partial charge in [0.2, 0.25) is 0 Å². The molecule has 0 bridgehead atoms. The van der Waals surface area contributed by atoms with Crippen LogP contribution in [0.3, 0.4) is 0 Å². The van der Waals surface area contributed by atoms with Gasteiger partial charge in [-0.3, -0.25) is 4.79 Å². The van der Waals surface area contributed by atoms with E-state index < -0.39 is 0 Å². The van der Waals surface area contributed by atoms with E-state index in [2.05, 4.69) is 33.7 Å². The zero-order chi connectivity index (χ0) is 16.2. The molecule has 0 aromatic carbocycles. The number of hydrogen-bond donors (Lipinski definition) is 0. The van der Waals surface area contributed by atoms with E-state index in [1.54, 1.807) is 0 Å². The number of nitrogens with zero attached hydrogens (tertiary/aromatic N) is 5. The second kappa shape index (κ2) is 7.27. The van der Waals surface area contributed by atoms with Crippen molar-refractivity contribution in [2.24, 2.45) is 0 Å². The van der Waals surface area contributed by atoms with Crippen molar-refractivity contribution in [3.8, 4) is 0 Å². The summed E-state index contributed by atoms with van der Waals surface area (Å²) in [5, 5.41) is 0. The van der Waals surface area contributed by atoms with E-state index in [4.69, 9.17) is 0 Å². The molecule has 6 nitrogen and oxygen atoms in total. The highest BCUT2D eigenvalue weighted by Crippen LogP contribution is 2.15. The molecule has 1 aromatic heterocycles. The molecule has 0 N–H and O–H groups in total. The second-order valence-corrected chi connectivity index (χ2v) is 6.40. The highest BCUT2D eigenvalue weighted by molar-refractivity contribution is 5.92. The van der Waals surface area contributed by atoms with E-state index in [9.17, 15) is 4.79 Å². The summed E-state index contributed by atoms with van der Waals surface area (Å²) >= 11 is 0. The lowest BCUT2D eigenvalue weighted by Gasteiger charge is -2.34. The molecule has 0 unspecified atom stereocenters. The standard InChI is InChI=1S/C17H27N5O/c1-3-20-9-13-22(14-10-20)17(23)15-5-4-6-16(18-15)21-11-7-19(2)8-12-21/h4-6H,3,7-14H2,1-2H3. The van der Waals surface area contributed by atoms with Crippen LogP contribution >= 0.6 is 0 Å². The van der Waals surface area contributed by atoms with Crippen LogP contribution in [0.15, 0.2) is 18.2 Å². The Morgan fingerprint density at radius 2 is 1.74 bits per heavy atom. The number of amides is 1. The maximum Gasteiger partial charge on any atom is 0.272 e. The van der Waals surface area contributed by atoms with Gasteiger partial charge in [0.15, 0.2) is 0 Å². The molecule has 126 valence electrons. The van der Waals surface area contributed by atoms with Crippen LogP contribution in [-0.4, -0.2) is 91.5 Å². The van der Waals surface area contributed by atoms with Gasteiger partial charge in [-0.15, -0.1) is 0 Å². The fraction of sp³-hybridized carbons (Fsp3) is 0.647. The summed E-state index contributed by atoms with van der Waals surface area (Å²) in [6.07, 6.45) is 0. The SMILES string of the molecule is CCN1CCN(C(=O)c2cccc(N3CCN(C)CC3)n2)CC1. The number of anilines is 1. The van der Waals surface area contributed by atoms with Gasteiger partial charge >= 0.3 is 0 Å². The molecule has 0 radical (unpaired) electrons. The lowest BCUT2D eigenvalue weighted by atomic mass is 10.2. The smallest absolute Gasteiger partial charge is 0.272 e. The van der Waals surface area contributed by atoms with Crippen molar-refractivity contribution in [3.63, 3.8) is 0 Å². The zero-order valence-electron chi connectivity index (χ0n) is 14.2. The average molecular weight is 317 g/mol. The van der Waals surface area contributed by atoms with Gasteiger partial charge in [0, 0.05) is 52.4 Å². The van der Waals surface area contributed by atoms with Crippen LogP contribution in [0.1, 0.15) is 17.4 Å². The predicted molar refractivity (Wildman–Crippen MR) is 92.0 cm³/mol. The monoisotopic (exact) mass is 317 g/mol. The first-order valence-corrected chi connectivity index (χ1v) is 8.59. The molecule has 0 aliphatic carbocycles. The van der Waals surface area contributed by atoms with Crippen LogP contribution < -0.4 is 4.90 Å². The molecule has 2 aliphatic heterocycles. The van der Waals surface area contributed by atoms with Crippen molar-refractivity contribution in [2.75, 3.05) is 70.9 Å². The van der Waals surface area contributed by atoms with Crippen molar-refractivity contribution < 1.29 is 4.79 Å². The molecule has 1 amide bonds. The summed E-state index contributed by atoms with van der Waals surface area (Å²) in [5.74, 6) is 0.993. The fourth-order valence-electron chi connectivity index (χ4n) is 3.18. The molecule has 23 heavy (non-hydrogen) atoms. The lowest BCUT2D eigenvalue weighted by molar-refractivity contribution is 0.0637. The Morgan fingerprint density at radius 1 is 1.04 bits per heavy atom. The Balaban J connectivity index is 1.66. The first kappa shape index (κ1) is 16.2. The van der Waals surface area contributed by atoms with Crippen molar-refractivity contribution in [1.82, 2.24) is 19.7 Å². The van der Waals surface area contributed by atoms with Gasteiger partial charge in [-0.1, -0.05) is 13.0 Å². The van der Waals surface area contributed by atoms with Crippen molar-refractivity contribution in [1.29, 1.82) is 0 Å². The Bertz CT molecular complexity index is 534. The molecular weight excluding hydrogens is 290 g/mol. The van der Waals surface area contributed by atoms with Gasteiger partial charge in [-0.25, -0.2) is 4.98 Å². The third-order valence-electron chi connectivity index (χ3n) is 4.89. The highest BCUT2D eigenvalue weighted by atomic mass is 16.2. The Morgan fingerprint density at radius 3 is 2.39 bits per heavy atom. The van der Waals surface area contributed by atoms with Gasteiger partial charge in [0.05, 0.1) is 0 Å². The summed E-state index contributed by atoms with van der Waals surface area (Å²) in [6, 6.07) is 5.81. The molecule has 1 aromatic rings. The van der Waals surface area contributed by atoms with E-state index in [0.29, 0.717) is 5.69 Å². The number of aromatic nitrogens is 1. The van der Waals surface area contributed by atoms with E-state index in [-0.39, 0.29) is 5.91 Å². The summed E-state index contributed by atoms with van der Waals surface area (Å²) in [6.45, 7) is 10.8. The number of pyridine rings is 1. The minimum absolute atomic E-state index is 0.0664. The lowest BCUT2D eigenvalue weighted by Crippen LogP contribution is -2.48. The number of piperazine rings is 2. The van der Waals surface area contributed by atoms with E-state index in [1.165, 1.54) is 0 Å². The maximum absolute atomic E-state index is 12.7. The van der Waals surface area contributed by atoms with Gasteiger partial charge in [0.1, 0.15) is 11.5 Å². The molecule has 3 rings (SSSR count). The van der Waals surface area contributed by atoms with E-state index in [0.717, 1.165) is 64.7 Å². The topological polar surface area (TPSA) is 42.9 Å². The average Bonchev–Trinajstić information content (AvgIpc) is 2.62. The van der Waals surface area contributed by atoms with Gasteiger partial charge in [0.25, 0.3) is 5.91 Å². The van der Waals surface area contributed by atoms with Crippen LogP contribution in [0, 0.1) is 0 Å². The summed E-state index contributed by atoms with van der Waals surface area (Å²) in [7, 11) is 2.14. The quantitative estimate of drug-likeness (QED) is 0.817. The normalized spacial score (nSPS) is 20.8. The minimum Gasteiger partial charge on any atom is -0.354 e. The van der Waals surface area contributed by atoms with Crippen molar-refractivity contribution >= 4 is 11.7 Å².